The van der Waals surface area contributed by atoms with E-state index in [0.717, 1.165) is 11.1 Å². The molecule has 31 heavy (non-hydrogen) atoms. The fraction of sp³-hybridized carbons (Fsp3) is 0.120. The number of rotatable bonds is 6. The minimum atomic E-state index is -0.708. The van der Waals surface area contributed by atoms with Gasteiger partial charge in [0.2, 0.25) is 5.75 Å². The normalized spacial score (nSPS) is 13.7. The molecule has 0 saturated heterocycles. The van der Waals surface area contributed by atoms with Crippen molar-refractivity contribution < 1.29 is 29.3 Å². The fourth-order valence-corrected chi connectivity index (χ4v) is 3.61. The third-order valence-electron chi connectivity index (χ3n) is 5.12. The van der Waals surface area contributed by atoms with E-state index in [1.54, 1.807) is 18.2 Å². The molecule has 6 heteroatoms. The summed E-state index contributed by atoms with van der Waals surface area (Å²) in [6.45, 7) is 0. The van der Waals surface area contributed by atoms with Crippen molar-refractivity contribution in [3.05, 3.63) is 82.9 Å². The topological polar surface area (TPSA) is 93.1 Å². The number of carbonyl (C=O) groups is 2. The van der Waals surface area contributed by atoms with Gasteiger partial charge in [-0.15, -0.1) is 0 Å². The van der Waals surface area contributed by atoms with Gasteiger partial charge in [0.15, 0.2) is 17.3 Å². The molecule has 4 rings (SSSR count). The number of carbonyl (C=O) groups excluding carboxylic acids is 2. The Morgan fingerprint density at radius 3 is 2.29 bits per heavy atom. The first kappa shape index (κ1) is 20.2. The van der Waals surface area contributed by atoms with Gasteiger partial charge in [0.05, 0.1) is 18.2 Å². The second-order valence-corrected chi connectivity index (χ2v) is 7.08. The third-order valence-corrected chi connectivity index (χ3v) is 5.12. The van der Waals surface area contributed by atoms with Crippen LogP contribution in [0.25, 0.3) is 11.6 Å². The average molecular weight is 416 g/mol. The van der Waals surface area contributed by atoms with Gasteiger partial charge in [-0.3, -0.25) is 4.79 Å². The largest absolute Gasteiger partial charge is 0.504 e. The van der Waals surface area contributed by atoms with Crippen LogP contribution in [0.3, 0.4) is 0 Å². The Kier molecular flexibility index (Phi) is 5.45. The Morgan fingerprint density at radius 2 is 1.65 bits per heavy atom. The summed E-state index contributed by atoms with van der Waals surface area (Å²) in [5.41, 5.74) is 1.80. The molecule has 1 aliphatic heterocycles. The van der Waals surface area contributed by atoms with E-state index in [-0.39, 0.29) is 34.6 Å². The third kappa shape index (κ3) is 3.75. The zero-order valence-corrected chi connectivity index (χ0v) is 16.8. The molecule has 0 aromatic heterocycles. The molecule has 0 unspecified atom stereocenters. The lowest BCUT2D eigenvalue weighted by atomic mass is 9.94. The van der Waals surface area contributed by atoms with Gasteiger partial charge < -0.3 is 19.7 Å². The van der Waals surface area contributed by atoms with Gasteiger partial charge >= 0.3 is 5.97 Å². The van der Waals surface area contributed by atoms with Crippen LogP contribution < -0.4 is 9.47 Å². The highest BCUT2D eigenvalue weighted by Crippen LogP contribution is 2.54. The Bertz CT molecular complexity index is 1180. The number of phenolic OH excluding ortho intramolecular Hbond substituents is 2. The zero-order valence-electron chi connectivity index (χ0n) is 16.8. The molecule has 1 aliphatic rings. The van der Waals surface area contributed by atoms with E-state index in [9.17, 15) is 19.8 Å². The van der Waals surface area contributed by atoms with Crippen LogP contribution in [-0.4, -0.2) is 29.1 Å². The molecule has 1 heterocycles. The van der Waals surface area contributed by atoms with E-state index in [0.29, 0.717) is 6.42 Å². The highest BCUT2D eigenvalue weighted by Gasteiger charge is 2.38. The van der Waals surface area contributed by atoms with Gasteiger partial charge in [-0.1, -0.05) is 60.7 Å². The van der Waals surface area contributed by atoms with E-state index >= 15 is 0 Å². The number of Topliss-reactive ketones (excluding diaryl/α,β-unsaturated/α-hetero) is 1. The van der Waals surface area contributed by atoms with Crippen molar-refractivity contribution in [2.45, 2.75) is 12.8 Å². The minimum Gasteiger partial charge on any atom is -0.504 e. The lowest BCUT2D eigenvalue weighted by molar-refractivity contribution is -0.127. The van der Waals surface area contributed by atoms with Crippen molar-refractivity contribution >= 4 is 23.4 Å². The smallest absolute Gasteiger partial charge is 0.344 e. The van der Waals surface area contributed by atoms with Gasteiger partial charge in [-0.2, -0.15) is 0 Å². The van der Waals surface area contributed by atoms with E-state index in [1.165, 1.54) is 7.11 Å². The molecular formula is C25H20O6. The van der Waals surface area contributed by atoms with Gasteiger partial charge in [0.1, 0.15) is 11.3 Å². The maximum atomic E-state index is 13.0. The monoisotopic (exact) mass is 416 g/mol. The number of esters is 1. The first-order valence-electron chi connectivity index (χ1n) is 9.73. The molecule has 2 N–H and O–H groups in total. The van der Waals surface area contributed by atoms with Crippen LogP contribution in [0.5, 0.6) is 23.0 Å². The molecule has 3 aromatic carbocycles. The summed E-state index contributed by atoms with van der Waals surface area (Å²) in [4.78, 5) is 25.6. The standard InChI is InChI=1S/C25H20O6/c1-30-23-19-17(14-16-10-6-3-7-11-16)25(29)31-24(19)22(28)21(27)20(23)18(26)13-12-15-8-4-2-5-9-15/h2-11,14,27-28H,12-13H2,1H3. The summed E-state index contributed by atoms with van der Waals surface area (Å²) >= 11 is 0. The second kappa shape index (κ2) is 8.36. The van der Waals surface area contributed by atoms with Crippen molar-refractivity contribution in [2.75, 3.05) is 7.11 Å². The average Bonchev–Trinajstić information content (AvgIpc) is 3.12. The van der Waals surface area contributed by atoms with Crippen LogP contribution in [0.2, 0.25) is 0 Å². The van der Waals surface area contributed by atoms with Gasteiger partial charge in [-0.25, -0.2) is 4.79 Å². The lowest BCUT2D eigenvalue weighted by Gasteiger charge is -2.15. The number of ether oxygens (including phenoxy) is 2. The van der Waals surface area contributed by atoms with E-state index in [4.69, 9.17) is 9.47 Å². The molecule has 0 radical (unpaired) electrons. The molecule has 0 aliphatic carbocycles. The van der Waals surface area contributed by atoms with Crippen molar-refractivity contribution in [3.63, 3.8) is 0 Å². The summed E-state index contributed by atoms with van der Waals surface area (Å²) in [6, 6.07) is 18.5. The Morgan fingerprint density at radius 1 is 1.00 bits per heavy atom. The Balaban J connectivity index is 1.80. The molecule has 0 bridgehead atoms. The predicted octanol–water partition coefficient (Wildman–Crippen LogP) is 4.38. The molecule has 0 atom stereocenters. The van der Waals surface area contributed by atoms with Crippen LogP contribution >= 0.6 is 0 Å². The van der Waals surface area contributed by atoms with Crippen LogP contribution in [0.15, 0.2) is 60.7 Å². The molecule has 3 aromatic rings. The summed E-state index contributed by atoms with van der Waals surface area (Å²) < 4.78 is 10.6. The maximum absolute atomic E-state index is 13.0. The van der Waals surface area contributed by atoms with Crippen LogP contribution in [0.4, 0.5) is 0 Å². The highest BCUT2D eigenvalue weighted by atomic mass is 16.6. The first-order chi connectivity index (χ1) is 15.0. The van der Waals surface area contributed by atoms with Crippen molar-refractivity contribution in [3.8, 4) is 23.0 Å². The predicted molar refractivity (Wildman–Crippen MR) is 115 cm³/mol. The first-order valence-corrected chi connectivity index (χ1v) is 9.73. The number of hydrogen-bond donors (Lipinski definition) is 2. The maximum Gasteiger partial charge on any atom is 0.344 e. The molecule has 0 fully saturated rings. The minimum absolute atomic E-state index is 0.00334. The molecule has 156 valence electrons. The fourth-order valence-electron chi connectivity index (χ4n) is 3.61. The summed E-state index contributed by atoms with van der Waals surface area (Å²) in [5.74, 6) is -2.68. The van der Waals surface area contributed by atoms with Gasteiger partial charge in [-0.05, 0) is 23.6 Å². The number of phenols is 2. The number of hydrogen-bond acceptors (Lipinski definition) is 6. The molecular weight excluding hydrogens is 396 g/mol. The van der Waals surface area contributed by atoms with Crippen LogP contribution in [-0.2, 0) is 11.2 Å². The number of methoxy groups -OCH3 is 1. The number of fused-ring (bicyclic) bond motifs is 1. The molecule has 0 amide bonds. The van der Waals surface area contributed by atoms with Crippen LogP contribution in [0, 0.1) is 0 Å². The summed E-state index contributed by atoms with van der Waals surface area (Å²) in [7, 11) is 1.34. The molecule has 0 saturated carbocycles. The summed E-state index contributed by atoms with van der Waals surface area (Å²) in [6.07, 6.45) is 2.12. The highest BCUT2D eigenvalue weighted by molar-refractivity contribution is 6.28. The number of aromatic hydroxyl groups is 2. The zero-order chi connectivity index (χ0) is 22.0. The quantitative estimate of drug-likeness (QED) is 0.204. The second-order valence-electron chi connectivity index (χ2n) is 7.08. The number of ketones is 1. The van der Waals surface area contributed by atoms with Crippen molar-refractivity contribution in [2.24, 2.45) is 0 Å². The molecule has 0 spiro atoms. The Hall–Kier alpha value is -4.06. The van der Waals surface area contributed by atoms with Crippen molar-refractivity contribution in [1.82, 2.24) is 0 Å². The Labute approximate surface area is 179 Å². The molecule has 6 nitrogen and oxygen atoms in total. The SMILES string of the molecule is COc1c(C(=O)CCc2ccccc2)c(O)c(O)c2c1C(=Cc1ccccc1)C(=O)O2. The van der Waals surface area contributed by atoms with Gasteiger partial charge in [0, 0.05) is 6.42 Å². The lowest BCUT2D eigenvalue weighted by Crippen LogP contribution is -2.06. The van der Waals surface area contributed by atoms with Crippen LogP contribution in [0.1, 0.15) is 33.5 Å². The van der Waals surface area contributed by atoms with E-state index in [2.05, 4.69) is 0 Å². The van der Waals surface area contributed by atoms with Crippen molar-refractivity contribution in [1.29, 1.82) is 0 Å². The number of benzene rings is 3. The van der Waals surface area contributed by atoms with E-state index < -0.39 is 23.3 Å². The number of aryl methyl sites for hydroxylation is 1. The summed E-state index contributed by atoms with van der Waals surface area (Å²) in [5, 5.41) is 21.0. The van der Waals surface area contributed by atoms with Gasteiger partial charge in [0.25, 0.3) is 0 Å². The van der Waals surface area contributed by atoms with E-state index in [1.807, 2.05) is 48.5 Å².